The molecule has 0 spiro atoms. The maximum Gasteiger partial charge on any atom is 0.150 e. The minimum absolute atomic E-state index is 0.118. The smallest absolute Gasteiger partial charge is 0.150 e. The number of hydrogen-bond acceptors (Lipinski definition) is 7. The largest absolute Gasteiger partial charge is 0.496 e. The highest BCUT2D eigenvalue weighted by molar-refractivity contribution is 5.35. The minimum Gasteiger partial charge on any atom is -0.496 e. The van der Waals surface area contributed by atoms with Gasteiger partial charge in [-0.2, -0.15) is 0 Å². The number of nitrogens with zero attached hydrogens (tertiary/aromatic N) is 3. The van der Waals surface area contributed by atoms with Crippen LogP contribution in [0.4, 0.5) is 0 Å². The second-order valence-electron chi connectivity index (χ2n) is 11.2. The van der Waals surface area contributed by atoms with Crippen molar-refractivity contribution in [2.24, 2.45) is 11.3 Å². The lowest BCUT2D eigenvalue weighted by Crippen LogP contribution is -2.58. The fourth-order valence-corrected chi connectivity index (χ4v) is 6.09. The van der Waals surface area contributed by atoms with Crippen LogP contribution in [0, 0.1) is 11.3 Å². The lowest BCUT2D eigenvalue weighted by Gasteiger charge is -2.57. The molecule has 7 heteroatoms. The molecule has 2 aliphatic rings. The van der Waals surface area contributed by atoms with Gasteiger partial charge in [-0.3, -0.25) is 9.80 Å². The molecule has 38 heavy (non-hydrogen) atoms. The Labute approximate surface area is 226 Å². The molecule has 5 rings (SSSR count). The van der Waals surface area contributed by atoms with Crippen LogP contribution in [0.2, 0.25) is 0 Å². The van der Waals surface area contributed by atoms with E-state index in [4.69, 9.17) is 18.7 Å². The topological polar surface area (TPSA) is 60.2 Å². The van der Waals surface area contributed by atoms with Crippen molar-refractivity contribution in [1.29, 1.82) is 0 Å². The monoisotopic (exact) mass is 519 g/mol. The standard InChI is InChI=1S/C31H41N3O4/c1-31(2)25(17-26-19-27(38-32-26)22-33-13-15-37-16-14-33)18-30(31)34(20-23-9-5-7-11-28(23)35-3)21-24-10-6-8-12-29(24)36-4/h5-12,19,25,30H,13-18,20-22H2,1-4H3. The average molecular weight is 520 g/mol. The molecular weight excluding hydrogens is 478 g/mol. The second kappa shape index (κ2) is 11.9. The van der Waals surface area contributed by atoms with Crippen LogP contribution in [0.5, 0.6) is 11.5 Å². The molecule has 7 nitrogen and oxygen atoms in total. The Hall–Kier alpha value is -2.87. The van der Waals surface area contributed by atoms with Gasteiger partial charge in [0.1, 0.15) is 11.5 Å². The highest BCUT2D eigenvalue weighted by Crippen LogP contribution is 2.51. The number of benzene rings is 2. The van der Waals surface area contributed by atoms with Gasteiger partial charge in [0.2, 0.25) is 0 Å². The lowest BCUT2D eigenvalue weighted by molar-refractivity contribution is -0.0715. The molecule has 204 valence electrons. The van der Waals surface area contributed by atoms with Gasteiger partial charge in [-0.05, 0) is 36.3 Å². The molecule has 2 heterocycles. The summed E-state index contributed by atoms with van der Waals surface area (Å²) in [4.78, 5) is 4.96. The van der Waals surface area contributed by atoms with Gasteiger partial charge in [0.15, 0.2) is 5.76 Å². The molecule has 1 saturated heterocycles. The van der Waals surface area contributed by atoms with Crippen LogP contribution < -0.4 is 9.47 Å². The molecule has 2 unspecified atom stereocenters. The Bertz CT molecular complexity index is 1140. The summed E-state index contributed by atoms with van der Waals surface area (Å²) in [5.41, 5.74) is 3.58. The first-order chi connectivity index (χ1) is 18.5. The van der Waals surface area contributed by atoms with E-state index < -0.39 is 0 Å². The van der Waals surface area contributed by atoms with Gasteiger partial charge in [-0.1, -0.05) is 55.4 Å². The van der Waals surface area contributed by atoms with Crippen LogP contribution in [-0.2, 0) is 30.8 Å². The van der Waals surface area contributed by atoms with Crippen molar-refractivity contribution in [3.8, 4) is 11.5 Å². The van der Waals surface area contributed by atoms with Crippen molar-refractivity contribution in [2.45, 2.75) is 52.4 Å². The average Bonchev–Trinajstić information content (AvgIpc) is 3.38. The summed E-state index contributed by atoms with van der Waals surface area (Å²) < 4.78 is 22.6. The number of hydrogen-bond donors (Lipinski definition) is 0. The number of morpholine rings is 1. The van der Waals surface area contributed by atoms with Crippen LogP contribution in [0.25, 0.3) is 0 Å². The molecule has 2 aromatic carbocycles. The maximum atomic E-state index is 5.72. The fourth-order valence-electron chi connectivity index (χ4n) is 6.09. The highest BCUT2D eigenvalue weighted by Gasteiger charge is 2.50. The van der Waals surface area contributed by atoms with E-state index in [1.165, 1.54) is 11.1 Å². The molecule has 2 fully saturated rings. The number of methoxy groups -OCH3 is 2. The van der Waals surface area contributed by atoms with Gasteiger partial charge in [0, 0.05) is 49.4 Å². The van der Waals surface area contributed by atoms with Crippen molar-refractivity contribution in [3.63, 3.8) is 0 Å². The van der Waals surface area contributed by atoms with Crippen molar-refractivity contribution in [3.05, 3.63) is 77.2 Å². The molecule has 0 bridgehead atoms. The van der Waals surface area contributed by atoms with E-state index >= 15 is 0 Å². The van der Waals surface area contributed by atoms with Gasteiger partial charge in [0.05, 0.1) is 39.7 Å². The Kier molecular flexibility index (Phi) is 8.36. The summed E-state index contributed by atoms with van der Waals surface area (Å²) in [6.45, 7) is 10.7. The molecule has 1 aromatic heterocycles. The van der Waals surface area contributed by atoms with E-state index in [1.54, 1.807) is 14.2 Å². The zero-order valence-corrected chi connectivity index (χ0v) is 23.2. The first kappa shape index (κ1) is 26.7. The predicted molar refractivity (Wildman–Crippen MR) is 147 cm³/mol. The van der Waals surface area contributed by atoms with Crippen molar-refractivity contribution < 1.29 is 18.7 Å². The fraction of sp³-hybridized carbons (Fsp3) is 0.516. The minimum atomic E-state index is 0.118. The number of para-hydroxylation sites is 2. The number of aromatic nitrogens is 1. The normalized spacial score (nSPS) is 21.3. The quantitative estimate of drug-likeness (QED) is 0.346. The van der Waals surface area contributed by atoms with E-state index in [0.29, 0.717) is 12.0 Å². The van der Waals surface area contributed by atoms with Gasteiger partial charge in [-0.15, -0.1) is 0 Å². The second-order valence-corrected chi connectivity index (χ2v) is 11.2. The number of ether oxygens (including phenoxy) is 3. The molecular formula is C31H41N3O4. The van der Waals surface area contributed by atoms with E-state index in [2.05, 4.69) is 59.1 Å². The van der Waals surface area contributed by atoms with Crippen LogP contribution in [0.15, 0.2) is 59.1 Å². The molecule has 2 atom stereocenters. The Balaban J connectivity index is 1.30. The zero-order chi connectivity index (χ0) is 26.5. The van der Waals surface area contributed by atoms with Crippen LogP contribution in [-0.4, -0.2) is 61.5 Å². The molecule has 0 N–H and O–H groups in total. The van der Waals surface area contributed by atoms with Gasteiger partial charge in [-0.25, -0.2) is 0 Å². The van der Waals surface area contributed by atoms with Crippen LogP contribution in [0.1, 0.15) is 42.8 Å². The number of rotatable bonds is 11. The summed E-state index contributed by atoms with van der Waals surface area (Å²) in [6.07, 6.45) is 2.05. The van der Waals surface area contributed by atoms with Crippen LogP contribution >= 0.6 is 0 Å². The third-order valence-corrected chi connectivity index (χ3v) is 8.54. The Morgan fingerprint density at radius 2 is 1.55 bits per heavy atom. The predicted octanol–water partition coefficient (Wildman–Crippen LogP) is 5.18. The Morgan fingerprint density at radius 1 is 0.947 bits per heavy atom. The summed E-state index contributed by atoms with van der Waals surface area (Å²) >= 11 is 0. The highest BCUT2D eigenvalue weighted by atomic mass is 16.5. The van der Waals surface area contributed by atoms with Gasteiger partial charge in [0.25, 0.3) is 0 Å². The zero-order valence-electron chi connectivity index (χ0n) is 23.2. The summed E-state index contributed by atoms with van der Waals surface area (Å²) in [5, 5.41) is 4.44. The lowest BCUT2D eigenvalue weighted by atomic mass is 9.56. The molecule has 0 amide bonds. The SMILES string of the molecule is COc1ccccc1CN(Cc1ccccc1OC)C1CC(Cc2cc(CN3CCOCC3)on2)C1(C)C. The molecule has 1 aliphatic carbocycles. The maximum absolute atomic E-state index is 5.72. The first-order valence-corrected chi connectivity index (χ1v) is 13.7. The first-order valence-electron chi connectivity index (χ1n) is 13.7. The summed E-state index contributed by atoms with van der Waals surface area (Å²) in [6, 6.07) is 19.2. The van der Waals surface area contributed by atoms with Gasteiger partial charge >= 0.3 is 0 Å². The Morgan fingerprint density at radius 3 is 2.13 bits per heavy atom. The van der Waals surface area contributed by atoms with Crippen molar-refractivity contribution in [2.75, 3.05) is 40.5 Å². The molecule has 3 aromatic rings. The van der Waals surface area contributed by atoms with E-state index in [-0.39, 0.29) is 5.41 Å². The van der Waals surface area contributed by atoms with E-state index in [9.17, 15) is 0 Å². The summed E-state index contributed by atoms with van der Waals surface area (Å²) in [7, 11) is 3.50. The van der Waals surface area contributed by atoms with Crippen molar-refractivity contribution >= 4 is 0 Å². The van der Waals surface area contributed by atoms with E-state index in [0.717, 1.165) is 81.7 Å². The van der Waals surface area contributed by atoms with E-state index in [1.807, 2.05) is 24.3 Å². The van der Waals surface area contributed by atoms with Crippen LogP contribution in [0.3, 0.4) is 0 Å². The van der Waals surface area contributed by atoms with Gasteiger partial charge < -0.3 is 18.7 Å². The molecule has 1 saturated carbocycles. The third-order valence-electron chi connectivity index (χ3n) is 8.54. The summed E-state index contributed by atoms with van der Waals surface area (Å²) in [5.74, 6) is 3.35. The molecule has 0 radical (unpaired) electrons. The third kappa shape index (κ3) is 5.90. The van der Waals surface area contributed by atoms with Crippen molar-refractivity contribution in [1.82, 2.24) is 15.0 Å². The molecule has 1 aliphatic heterocycles.